The van der Waals surface area contributed by atoms with Crippen molar-refractivity contribution in [3.05, 3.63) is 18.6 Å². The minimum absolute atomic E-state index is 0.217. The van der Waals surface area contributed by atoms with Gasteiger partial charge in [-0.15, -0.1) is 11.3 Å². The summed E-state index contributed by atoms with van der Waals surface area (Å²) in [6, 6.07) is 0. The van der Waals surface area contributed by atoms with Crippen LogP contribution in [0.5, 0.6) is 0 Å². The molecule has 0 aliphatic rings. The summed E-state index contributed by atoms with van der Waals surface area (Å²) in [5, 5.41) is 0. The van der Waals surface area contributed by atoms with Crippen molar-refractivity contribution >= 4 is 43.4 Å². The average Bonchev–Trinajstić information content (AvgIpc) is 2.38. The van der Waals surface area contributed by atoms with Gasteiger partial charge in [0.1, 0.15) is 0 Å². The van der Waals surface area contributed by atoms with Crippen LogP contribution in [0.3, 0.4) is 0 Å². The van der Waals surface area contributed by atoms with Crippen molar-refractivity contribution in [1.29, 1.82) is 0 Å². The van der Waals surface area contributed by atoms with Crippen LogP contribution in [-0.2, 0) is 0 Å². The van der Waals surface area contributed by atoms with Crippen molar-refractivity contribution in [2.75, 3.05) is 0 Å². The standard InChI is InChI=1S/C7H6OS3/c1-3-5-6(4(2)9-3)11-7(8)10-5/h1-2H3. The Hall–Kier alpha value is -0.190. The van der Waals surface area contributed by atoms with Crippen molar-refractivity contribution in [3.8, 4) is 0 Å². The molecule has 0 fully saturated rings. The van der Waals surface area contributed by atoms with E-state index in [4.69, 9.17) is 0 Å². The van der Waals surface area contributed by atoms with E-state index in [9.17, 15) is 4.79 Å². The van der Waals surface area contributed by atoms with E-state index in [1.54, 1.807) is 11.3 Å². The van der Waals surface area contributed by atoms with E-state index in [-0.39, 0.29) is 4.06 Å². The zero-order valence-electron chi connectivity index (χ0n) is 6.13. The molecule has 0 saturated heterocycles. The third-order valence-electron chi connectivity index (χ3n) is 1.52. The van der Waals surface area contributed by atoms with E-state index < -0.39 is 0 Å². The third kappa shape index (κ3) is 1.06. The Morgan fingerprint density at radius 1 is 0.909 bits per heavy atom. The first-order valence-electron chi connectivity index (χ1n) is 3.18. The summed E-state index contributed by atoms with van der Waals surface area (Å²) in [4.78, 5) is 13.6. The fraction of sp³-hybridized carbons (Fsp3) is 0.286. The Morgan fingerprint density at radius 3 is 1.82 bits per heavy atom. The van der Waals surface area contributed by atoms with Crippen LogP contribution in [0.4, 0.5) is 0 Å². The number of thiophene rings is 1. The highest BCUT2D eigenvalue weighted by Crippen LogP contribution is 2.34. The smallest absolute Gasteiger partial charge is 0.265 e. The van der Waals surface area contributed by atoms with Crippen LogP contribution in [0.15, 0.2) is 4.79 Å². The summed E-state index contributed by atoms with van der Waals surface area (Å²) in [7, 11) is 0. The molecule has 0 radical (unpaired) electrons. The number of hydrogen-bond acceptors (Lipinski definition) is 4. The monoisotopic (exact) mass is 202 g/mol. The molecule has 2 aromatic heterocycles. The zero-order valence-corrected chi connectivity index (χ0v) is 8.58. The molecule has 0 aliphatic carbocycles. The molecule has 2 heterocycles. The van der Waals surface area contributed by atoms with Gasteiger partial charge in [-0.1, -0.05) is 22.7 Å². The number of fused-ring (bicyclic) bond motifs is 1. The Morgan fingerprint density at radius 2 is 1.36 bits per heavy atom. The molecule has 0 saturated carbocycles. The van der Waals surface area contributed by atoms with Gasteiger partial charge in [-0.3, -0.25) is 4.79 Å². The van der Waals surface area contributed by atoms with E-state index >= 15 is 0 Å². The van der Waals surface area contributed by atoms with Gasteiger partial charge in [0.05, 0.1) is 9.40 Å². The molecule has 0 aromatic carbocycles. The number of aryl methyl sites for hydroxylation is 2. The van der Waals surface area contributed by atoms with Gasteiger partial charge in [-0.25, -0.2) is 0 Å². The van der Waals surface area contributed by atoms with E-state index in [1.165, 1.54) is 41.8 Å². The lowest BCUT2D eigenvalue weighted by Crippen LogP contribution is -1.74. The first-order valence-corrected chi connectivity index (χ1v) is 5.63. The minimum atomic E-state index is 0.217. The predicted octanol–water partition coefficient (Wildman–Crippen LogP) is 3.00. The van der Waals surface area contributed by atoms with Crippen molar-refractivity contribution in [2.45, 2.75) is 13.8 Å². The minimum Gasteiger partial charge on any atom is -0.265 e. The third-order valence-corrected chi connectivity index (χ3v) is 5.19. The van der Waals surface area contributed by atoms with Crippen molar-refractivity contribution in [2.24, 2.45) is 0 Å². The van der Waals surface area contributed by atoms with Crippen molar-refractivity contribution < 1.29 is 0 Å². The van der Waals surface area contributed by atoms with Crippen LogP contribution in [0, 0.1) is 13.8 Å². The molecule has 0 spiro atoms. The second-order valence-electron chi connectivity index (χ2n) is 2.33. The molecule has 2 aromatic rings. The maximum Gasteiger partial charge on any atom is 0.288 e. The Balaban J connectivity index is 3.03. The van der Waals surface area contributed by atoms with Crippen LogP contribution in [0.2, 0.25) is 0 Å². The van der Waals surface area contributed by atoms with Crippen molar-refractivity contribution in [3.63, 3.8) is 0 Å². The van der Waals surface area contributed by atoms with Gasteiger partial charge in [0.2, 0.25) is 0 Å². The highest BCUT2D eigenvalue weighted by molar-refractivity contribution is 7.38. The summed E-state index contributed by atoms with van der Waals surface area (Å²) in [6.07, 6.45) is 0. The molecule has 2 rings (SSSR count). The lowest BCUT2D eigenvalue weighted by molar-refractivity contribution is 1.71. The molecule has 58 valence electrons. The van der Waals surface area contributed by atoms with Gasteiger partial charge >= 0.3 is 0 Å². The zero-order chi connectivity index (χ0) is 8.01. The Labute approximate surface area is 75.9 Å². The fourth-order valence-electron chi connectivity index (χ4n) is 1.07. The largest absolute Gasteiger partial charge is 0.288 e. The van der Waals surface area contributed by atoms with E-state index in [2.05, 4.69) is 13.8 Å². The highest BCUT2D eigenvalue weighted by Gasteiger charge is 2.08. The first kappa shape index (κ1) is 7.46. The number of hydrogen-bond donors (Lipinski definition) is 0. The van der Waals surface area contributed by atoms with E-state index in [0.29, 0.717) is 0 Å². The van der Waals surface area contributed by atoms with Crippen LogP contribution in [0.1, 0.15) is 9.75 Å². The van der Waals surface area contributed by atoms with Crippen LogP contribution >= 0.6 is 34.0 Å². The SMILES string of the molecule is Cc1sc(C)c2sc(=O)sc12. The summed E-state index contributed by atoms with van der Waals surface area (Å²) in [5.74, 6) is 0. The summed E-state index contributed by atoms with van der Waals surface area (Å²) in [6.45, 7) is 4.14. The molecule has 11 heavy (non-hydrogen) atoms. The second-order valence-corrected chi connectivity index (χ2v) is 5.98. The summed E-state index contributed by atoms with van der Waals surface area (Å²) >= 11 is 4.53. The molecule has 0 aliphatic heterocycles. The van der Waals surface area contributed by atoms with Gasteiger partial charge in [-0.05, 0) is 13.8 Å². The molecular formula is C7H6OS3. The van der Waals surface area contributed by atoms with E-state index in [0.717, 1.165) is 0 Å². The van der Waals surface area contributed by atoms with Gasteiger partial charge in [-0.2, -0.15) is 0 Å². The molecule has 0 amide bonds. The molecule has 0 bridgehead atoms. The van der Waals surface area contributed by atoms with Crippen LogP contribution in [-0.4, -0.2) is 0 Å². The summed E-state index contributed by atoms with van der Waals surface area (Å²) in [5.41, 5.74) is 0. The van der Waals surface area contributed by atoms with Gasteiger partial charge in [0.15, 0.2) is 0 Å². The topological polar surface area (TPSA) is 17.1 Å². The van der Waals surface area contributed by atoms with Crippen LogP contribution < -0.4 is 4.06 Å². The normalized spacial score (nSPS) is 11.1. The van der Waals surface area contributed by atoms with Gasteiger partial charge in [0.25, 0.3) is 4.06 Å². The van der Waals surface area contributed by atoms with Gasteiger partial charge < -0.3 is 0 Å². The summed E-state index contributed by atoms with van der Waals surface area (Å²) < 4.78 is 2.61. The van der Waals surface area contributed by atoms with Crippen molar-refractivity contribution in [1.82, 2.24) is 0 Å². The van der Waals surface area contributed by atoms with Gasteiger partial charge in [0, 0.05) is 9.75 Å². The lowest BCUT2D eigenvalue weighted by Gasteiger charge is -1.75. The van der Waals surface area contributed by atoms with Crippen LogP contribution in [0.25, 0.3) is 9.40 Å². The lowest BCUT2D eigenvalue weighted by atomic mass is 10.4. The molecule has 0 N–H and O–H groups in total. The second kappa shape index (κ2) is 2.40. The predicted molar refractivity (Wildman–Crippen MR) is 53.3 cm³/mol. The highest BCUT2D eigenvalue weighted by atomic mass is 32.2. The maximum atomic E-state index is 11.0. The number of rotatable bonds is 0. The molecule has 0 unspecified atom stereocenters. The van der Waals surface area contributed by atoms with E-state index in [1.807, 2.05) is 0 Å². The Bertz CT molecular complexity index is 408. The molecular weight excluding hydrogens is 196 g/mol. The quantitative estimate of drug-likeness (QED) is 0.642. The Kier molecular flexibility index (Phi) is 1.63. The molecule has 4 heteroatoms. The average molecular weight is 202 g/mol. The fourth-order valence-corrected chi connectivity index (χ4v) is 4.57. The maximum absolute atomic E-state index is 11.0. The molecule has 0 atom stereocenters. The molecule has 1 nitrogen and oxygen atoms in total. The first-order chi connectivity index (χ1) is 5.18.